The second-order valence-electron chi connectivity index (χ2n) is 7.80. The number of benzene rings is 2. The maximum absolute atomic E-state index is 12.3. The Balaban J connectivity index is 1.46. The molecule has 2 aromatic carbocycles. The number of para-hydroxylation sites is 1. The third-order valence-corrected chi connectivity index (χ3v) is 5.29. The van der Waals surface area contributed by atoms with E-state index in [4.69, 9.17) is 10.5 Å². The summed E-state index contributed by atoms with van der Waals surface area (Å²) in [6.45, 7) is 1.98. The Morgan fingerprint density at radius 1 is 1.20 bits per heavy atom. The molecule has 9 nitrogen and oxygen atoms in total. The largest absolute Gasteiger partial charge is 0.497 e. The van der Waals surface area contributed by atoms with E-state index in [1.54, 1.807) is 36.9 Å². The number of nitrogens with one attached hydrogen (secondary N) is 2. The van der Waals surface area contributed by atoms with Gasteiger partial charge in [-0.25, -0.2) is 4.68 Å². The molecule has 3 aromatic rings. The van der Waals surface area contributed by atoms with Crippen LogP contribution >= 0.6 is 0 Å². The van der Waals surface area contributed by atoms with Gasteiger partial charge in [-0.05, 0) is 55.7 Å². The number of nitrogens with two attached hydrogens (primary N) is 1. The van der Waals surface area contributed by atoms with E-state index >= 15 is 0 Å². The van der Waals surface area contributed by atoms with Gasteiger partial charge in [0.05, 0.1) is 18.5 Å². The lowest BCUT2D eigenvalue weighted by Gasteiger charge is -2.12. The van der Waals surface area contributed by atoms with Gasteiger partial charge in [-0.15, -0.1) is 0 Å². The molecule has 0 aliphatic carbocycles. The summed E-state index contributed by atoms with van der Waals surface area (Å²) < 4.78 is 6.65. The highest BCUT2D eigenvalue weighted by atomic mass is 16.5. The van der Waals surface area contributed by atoms with Crippen molar-refractivity contribution in [2.75, 3.05) is 19.4 Å². The number of aryl methyl sites for hydroxylation is 1. The van der Waals surface area contributed by atoms with E-state index in [9.17, 15) is 14.9 Å². The van der Waals surface area contributed by atoms with Crippen LogP contribution in [0.1, 0.15) is 30.2 Å². The van der Waals surface area contributed by atoms with Crippen LogP contribution in [-0.2, 0) is 16.0 Å². The maximum atomic E-state index is 12.3. The maximum Gasteiger partial charge on any atom is 0.244 e. The van der Waals surface area contributed by atoms with Gasteiger partial charge in [-0.2, -0.15) is 10.4 Å². The van der Waals surface area contributed by atoms with Crippen molar-refractivity contribution < 1.29 is 14.3 Å². The van der Waals surface area contributed by atoms with Crippen molar-refractivity contribution in [3.8, 4) is 17.5 Å². The predicted octanol–water partition coefficient (Wildman–Crippen LogP) is 2.60. The zero-order valence-electron chi connectivity index (χ0n) is 19.7. The molecule has 1 aromatic heterocycles. The zero-order chi connectivity index (χ0) is 25.2. The third kappa shape index (κ3) is 6.71. The average molecular weight is 473 g/mol. The Labute approximate surface area is 204 Å². The molecule has 1 unspecified atom stereocenters. The second-order valence-corrected chi connectivity index (χ2v) is 7.80. The highest BCUT2D eigenvalue weighted by molar-refractivity contribution is 5.95. The van der Waals surface area contributed by atoms with E-state index < -0.39 is 6.04 Å². The summed E-state index contributed by atoms with van der Waals surface area (Å²) in [7, 11) is 1.59. The molecule has 1 heterocycles. The molecule has 0 spiro atoms. The van der Waals surface area contributed by atoms with Gasteiger partial charge in [0.2, 0.25) is 11.8 Å². The van der Waals surface area contributed by atoms with E-state index in [0.29, 0.717) is 30.6 Å². The number of amides is 2. The summed E-state index contributed by atoms with van der Waals surface area (Å²) in [5, 5.41) is 19.4. The lowest BCUT2D eigenvalue weighted by Crippen LogP contribution is -2.44. The highest BCUT2D eigenvalue weighted by Crippen LogP contribution is 2.21. The van der Waals surface area contributed by atoms with Gasteiger partial charge in [0, 0.05) is 12.6 Å². The van der Waals surface area contributed by atoms with E-state index in [0.717, 1.165) is 17.0 Å². The molecule has 35 heavy (non-hydrogen) atoms. The summed E-state index contributed by atoms with van der Waals surface area (Å²) in [5.74, 6) is 0.348. The van der Waals surface area contributed by atoms with Crippen LogP contribution in [0.4, 0.5) is 5.82 Å². The minimum atomic E-state index is -0.703. The molecule has 3 rings (SSSR count). The lowest BCUT2D eigenvalue weighted by atomic mass is 10.1. The van der Waals surface area contributed by atoms with Crippen molar-refractivity contribution in [2.45, 2.75) is 25.8 Å². The Hall–Kier alpha value is -4.58. The summed E-state index contributed by atoms with van der Waals surface area (Å²) in [6, 6.07) is 18.0. The van der Waals surface area contributed by atoms with E-state index in [1.165, 1.54) is 6.08 Å². The average Bonchev–Trinajstić information content (AvgIpc) is 3.20. The monoisotopic (exact) mass is 472 g/mol. The van der Waals surface area contributed by atoms with Gasteiger partial charge >= 0.3 is 0 Å². The first-order valence-corrected chi connectivity index (χ1v) is 11.2. The molecule has 0 bridgehead atoms. The van der Waals surface area contributed by atoms with Crippen LogP contribution in [0.25, 0.3) is 11.8 Å². The molecule has 0 fully saturated rings. The predicted molar refractivity (Wildman–Crippen MR) is 134 cm³/mol. The number of nitrogen functional groups attached to an aromatic ring is 1. The third-order valence-electron chi connectivity index (χ3n) is 5.29. The number of ether oxygens (including phenoxy) is 1. The van der Waals surface area contributed by atoms with Crippen molar-refractivity contribution in [3.63, 3.8) is 0 Å². The number of hydrogen-bond acceptors (Lipinski definition) is 6. The van der Waals surface area contributed by atoms with Gasteiger partial charge in [-0.3, -0.25) is 9.59 Å². The molecule has 1 atom stereocenters. The van der Waals surface area contributed by atoms with E-state index in [2.05, 4.69) is 21.8 Å². The molecule has 180 valence electrons. The van der Waals surface area contributed by atoms with Crippen molar-refractivity contribution in [1.29, 1.82) is 5.26 Å². The smallest absolute Gasteiger partial charge is 0.244 e. The number of aromatic nitrogens is 2. The first kappa shape index (κ1) is 25.1. The normalized spacial score (nSPS) is 11.6. The van der Waals surface area contributed by atoms with Crippen molar-refractivity contribution in [3.05, 3.63) is 77.5 Å². The summed E-state index contributed by atoms with van der Waals surface area (Å²) in [5.41, 5.74) is 8.64. The minimum Gasteiger partial charge on any atom is -0.497 e. The van der Waals surface area contributed by atoms with Crippen LogP contribution in [0.3, 0.4) is 0 Å². The number of methoxy groups -OCH3 is 1. The van der Waals surface area contributed by atoms with Crippen LogP contribution in [0.5, 0.6) is 5.75 Å². The molecule has 0 aliphatic heterocycles. The van der Waals surface area contributed by atoms with Crippen LogP contribution in [-0.4, -0.2) is 41.3 Å². The highest BCUT2D eigenvalue weighted by Gasteiger charge is 2.17. The second kappa shape index (κ2) is 12.0. The fourth-order valence-electron chi connectivity index (χ4n) is 3.38. The quantitative estimate of drug-likeness (QED) is 0.307. The number of hydrogen-bond donors (Lipinski definition) is 3. The number of nitriles is 1. The number of carbonyl (C=O) groups excluding carboxylic acids is 2. The first-order chi connectivity index (χ1) is 16.9. The van der Waals surface area contributed by atoms with Gasteiger partial charge < -0.3 is 21.1 Å². The SMILES string of the molecule is COc1ccc(/C=C/C(=O)NC(C)C(=O)NCCCc2nn(-c3ccccc3)c(N)c2C#N)cc1. The molecule has 2 amide bonds. The standard InChI is InChI=1S/C26H28N6O3/c1-18(30-24(33)15-12-19-10-13-21(35-2)14-11-19)26(34)29-16-6-9-23-22(17-27)25(28)32(31-23)20-7-4-3-5-8-20/h3-5,7-8,10-15,18H,6,9,16,28H2,1-2H3,(H,29,34)(H,30,33)/b15-12+. The summed E-state index contributed by atoms with van der Waals surface area (Å²) in [6.07, 6.45) is 4.07. The molecule has 0 saturated carbocycles. The summed E-state index contributed by atoms with van der Waals surface area (Å²) >= 11 is 0. The fraction of sp³-hybridized carbons (Fsp3) is 0.231. The number of rotatable bonds is 10. The Bertz CT molecular complexity index is 1230. The van der Waals surface area contributed by atoms with Crippen molar-refractivity contribution >= 4 is 23.7 Å². The number of carbonyl (C=O) groups is 2. The molecule has 4 N–H and O–H groups in total. The van der Waals surface area contributed by atoms with Gasteiger partial charge in [0.1, 0.15) is 29.2 Å². The van der Waals surface area contributed by atoms with Gasteiger partial charge in [0.25, 0.3) is 0 Å². The summed E-state index contributed by atoms with van der Waals surface area (Å²) in [4.78, 5) is 24.5. The molecule has 0 saturated heterocycles. The zero-order valence-corrected chi connectivity index (χ0v) is 19.7. The van der Waals surface area contributed by atoms with E-state index in [1.807, 2.05) is 42.5 Å². The van der Waals surface area contributed by atoms with Gasteiger partial charge in [-0.1, -0.05) is 30.3 Å². The molecule has 0 radical (unpaired) electrons. The number of nitrogens with zero attached hydrogens (tertiary/aromatic N) is 3. The van der Waals surface area contributed by atoms with Crippen LogP contribution in [0.2, 0.25) is 0 Å². The van der Waals surface area contributed by atoms with Crippen LogP contribution in [0.15, 0.2) is 60.7 Å². The number of anilines is 1. The Kier molecular flexibility index (Phi) is 8.62. The topological polar surface area (TPSA) is 135 Å². The van der Waals surface area contributed by atoms with Crippen molar-refractivity contribution in [1.82, 2.24) is 20.4 Å². The lowest BCUT2D eigenvalue weighted by molar-refractivity contribution is -0.126. The fourth-order valence-corrected chi connectivity index (χ4v) is 3.38. The first-order valence-electron chi connectivity index (χ1n) is 11.2. The molecule has 9 heteroatoms. The molecule has 0 aliphatic rings. The molecular weight excluding hydrogens is 444 g/mol. The Morgan fingerprint density at radius 2 is 1.91 bits per heavy atom. The van der Waals surface area contributed by atoms with Gasteiger partial charge in [0.15, 0.2) is 0 Å². The van der Waals surface area contributed by atoms with E-state index in [-0.39, 0.29) is 17.6 Å². The minimum absolute atomic E-state index is 0.289. The van der Waals surface area contributed by atoms with Crippen LogP contribution < -0.4 is 21.1 Å². The van der Waals surface area contributed by atoms with Crippen molar-refractivity contribution in [2.24, 2.45) is 0 Å². The molecular formula is C26H28N6O3. The van der Waals surface area contributed by atoms with Crippen LogP contribution in [0, 0.1) is 11.3 Å². The Morgan fingerprint density at radius 3 is 2.57 bits per heavy atom.